The van der Waals surface area contributed by atoms with Crippen LogP contribution in [0, 0.1) is 0 Å². The summed E-state index contributed by atoms with van der Waals surface area (Å²) < 4.78 is 6.00. The van der Waals surface area contributed by atoms with Crippen LogP contribution in [0.1, 0.15) is 30.9 Å². The monoisotopic (exact) mass is 388 g/mol. The summed E-state index contributed by atoms with van der Waals surface area (Å²) in [6.45, 7) is 5.60. The number of nitrogens with one attached hydrogen (secondary N) is 1. The molecule has 0 spiro atoms. The molecule has 150 valence electrons. The van der Waals surface area contributed by atoms with Gasteiger partial charge in [-0.05, 0) is 55.4 Å². The standard InChI is InChI=1S/C25H28N2O2/c1-19(29-24-14-8-12-20-9-4-5-13-23(20)24)25(28)26-17-21-10-2-3-11-22(21)18-27-15-6-7-16-27/h2-5,8-14,19H,6-7,15-18H2,1H3,(H,26,28)/t19-/m1/s1. The van der Waals surface area contributed by atoms with E-state index < -0.39 is 6.10 Å². The molecule has 3 aromatic rings. The van der Waals surface area contributed by atoms with Gasteiger partial charge in [-0.25, -0.2) is 0 Å². The van der Waals surface area contributed by atoms with E-state index >= 15 is 0 Å². The average Bonchev–Trinajstić information content (AvgIpc) is 3.26. The van der Waals surface area contributed by atoms with Crippen LogP contribution >= 0.6 is 0 Å². The van der Waals surface area contributed by atoms with Crippen molar-refractivity contribution in [2.75, 3.05) is 13.1 Å². The second-order valence-corrected chi connectivity index (χ2v) is 7.71. The van der Waals surface area contributed by atoms with E-state index in [9.17, 15) is 4.79 Å². The van der Waals surface area contributed by atoms with Gasteiger partial charge in [-0.2, -0.15) is 0 Å². The van der Waals surface area contributed by atoms with Crippen molar-refractivity contribution < 1.29 is 9.53 Å². The topological polar surface area (TPSA) is 41.6 Å². The van der Waals surface area contributed by atoms with Crippen LogP contribution in [-0.4, -0.2) is 30.0 Å². The molecule has 1 fully saturated rings. The summed E-state index contributed by atoms with van der Waals surface area (Å²) in [7, 11) is 0. The van der Waals surface area contributed by atoms with Crippen molar-refractivity contribution in [2.45, 2.75) is 39.0 Å². The zero-order chi connectivity index (χ0) is 20.1. The Kier molecular flexibility index (Phi) is 6.11. The molecule has 0 aliphatic carbocycles. The molecule has 0 aromatic heterocycles. The summed E-state index contributed by atoms with van der Waals surface area (Å²) in [5.41, 5.74) is 2.46. The van der Waals surface area contributed by atoms with E-state index in [0.29, 0.717) is 6.54 Å². The van der Waals surface area contributed by atoms with E-state index in [4.69, 9.17) is 4.74 Å². The summed E-state index contributed by atoms with van der Waals surface area (Å²) in [5, 5.41) is 5.17. The number of rotatable bonds is 7. The Morgan fingerprint density at radius 3 is 2.48 bits per heavy atom. The van der Waals surface area contributed by atoms with Crippen molar-refractivity contribution in [2.24, 2.45) is 0 Å². The zero-order valence-electron chi connectivity index (χ0n) is 16.9. The molecule has 0 bridgehead atoms. The van der Waals surface area contributed by atoms with Crippen LogP contribution in [-0.2, 0) is 17.9 Å². The number of likely N-dealkylation sites (tertiary alicyclic amines) is 1. The molecule has 1 heterocycles. The van der Waals surface area contributed by atoms with Gasteiger partial charge in [0, 0.05) is 18.5 Å². The lowest BCUT2D eigenvalue weighted by molar-refractivity contribution is -0.127. The summed E-state index contributed by atoms with van der Waals surface area (Å²) in [4.78, 5) is 15.1. The Bertz CT molecular complexity index is 974. The number of fused-ring (bicyclic) bond motifs is 1. The molecule has 0 unspecified atom stereocenters. The maximum atomic E-state index is 12.7. The highest BCUT2D eigenvalue weighted by Gasteiger charge is 2.17. The van der Waals surface area contributed by atoms with Gasteiger partial charge < -0.3 is 10.1 Å². The van der Waals surface area contributed by atoms with Crippen LogP contribution in [0.25, 0.3) is 10.8 Å². The van der Waals surface area contributed by atoms with E-state index in [1.165, 1.54) is 24.0 Å². The molecule has 1 saturated heterocycles. The van der Waals surface area contributed by atoms with Gasteiger partial charge in [-0.3, -0.25) is 9.69 Å². The molecule has 1 N–H and O–H groups in total. The number of carbonyl (C=O) groups excluding carboxylic acids is 1. The molecular weight excluding hydrogens is 360 g/mol. The minimum absolute atomic E-state index is 0.103. The van der Waals surface area contributed by atoms with Crippen molar-refractivity contribution in [1.82, 2.24) is 10.2 Å². The van der Waals surface area contributed by atoms with Gasteiger partial charge in [0.25, 0.3) is 5.91 Å². The number of hydrogen-bond acceptors (Lipinski definition) is 3. The first-order valence-corrected chi connectivity index (χ1v) is 10.4. The van der Waals surface area contributed by atoms with E-state index in [-0.39, 0.29) is 5.91 Å². The molecule has 4 rings (SSSR count). The molecule has 29 heavy (non-hydrogen) atoms. The van der Waals surface area contributed by atoms with Crippen molar-refractivity contribution in [1.29, 1.82) is 0 Å². The van der Waals surface area contributed by atoms with Gasteiger partial charge in [-0.15, -0.1) is 0 Å². The van der Waals surface area contributed by atoms with E-state index in [2.05, 4.69) is 28.4 Å². The third-order valence-electron chi connectivity index (χ3n) is 5.59. The lowest BCUT2D eigenvalue weighted by Crippen LogP contribution is -2.36. The molecule has 0 radical (unpaired) electrons. The Labute approximate surface area is 172 Å². The lowest BCUT2D eigenvalue weighted by atomic mass is 10.1. The second kappa shape index (κ2) is 9.10. The normalized spacial score (nSPS) is 15.3. The fraction of sp³-hybridized carbons (Fsp3) is 0.320. The number of benzene rings is 3. The molecule has 1 amide bonds. The summed E-state index contributed by atoms with van der Waals surface area (Å²) >= 11 is 0. The Balaban J connectivity index is 1.38. The van der Waals surface area contributed by atoms with Crippen molar-refractivity contribution in [3.05, 3.63) is 77.9 Å². The SMILES string of the molecule is C[C@@H](Oc1cccc2ccccc12)C(=O)NCc1ccccc1CN1CCCC1. The molecule has 1 aliphatic heterocycles. The van der Waals surface area contributed by atoms with Gasteiger partial charge in [0.2, 0.25) is 0 Å². The highest BCUT2D eigenvalue weighted by Crippen LogP contribution is 2.26. The van der Waals surface area contributed by atoms with Crippen molar-refractivity contribution in [3.8, 4) is 5.75 Å². The summed E-state index contributed by atoms with van der Waals surface area (Å²) in [6.07, 6.45) is 2.00. The Morgan fingerprint density at radius 2 is 1.66 bits per heavy atom. The van der Waals surface area contributed by atoms with Crippen LogP contribution in [0.4, 0.5) is 0 Å². The number of carbonyl (C=O) groups is 1. The quantitative estimate of drug-likeness (QED) is 0.647. The number of hydrogen-bond donors (Lipinski definition) is 1. The van der Waals surface area contributed by atoms with Crippen LogP contribution in [0.2, 0.25) is 0 Å². The minimum Gasteiger partial charge on any atom is -0.480 e. The molecule has 0 saturated carbocycles. The van der Waals surface area contributed by atoms with Gasteiger partial charge in [0.15, 0.2) is 6.10 Å². The number of nitrogens with zero attached hydrogens (tertiary/aromatic N) is 1. The van der Waals surface area contributed by atoms with Crippen LogP contribution < -0.4 is 10.1 Å². The van der Waals surface area contributed by atoms with Gasteiger partial charge in [0.05, 0.1) is 0 Å². The predicted molar refractivity (Wildman–Crippen MR) is 117 cm³/mol. The molecule has 4 heteroatoms. The van der Waals surface area contributed by atoms with Gasteiger partial charge >= 0.3 is 0 Å². The van der Waals surface area contributed by atoms with E-state index in [1.54, 1.807) is 6.92 Å². The highest BCUT2D eigenvalue weighted by atomic mass is 16.5. The first kappa shape index (κ1) is 19.5. The molecule has 1 aliphatic rings. The average molecular weight is 389 g/mol. The molecule has 1 atom stereocenters. The van der Waals surface area contributed by atoms with Crippen LogP contribution in [0.15, 0.2) is 66.7 Å². The Morgan fingerprint density at radius 1 is 0.966 bits per heavy atom. The largest absolute Gasteiger partial charge is 0.480 e. The maximum absolute atomic E-state index is 12.7. The van der Waals surface area contributed by atoms with Gasteiger partial charge in [-0.1, -0.05) is 60.7 Å². The predicted octanol–water partition coefficient (Wildman–Crippen LogP) is 4.52. The fourth-order valence-corrected chi connectivity index (χ4v) is 3.93. The third kappa shape index (κ3) is 4.77. The van der Waals surface area contributed by atoms with Crippen molar-refractivity contribution >= 4 is 16.7 Å². The molecule has 4 nitrogen and oxygen atoms in total. The zero-order valence-corrected chi connectivity index (χ0v) is 16.9. The van der Waals surface area contributed by atoms with E-state index in [0.717, 1.165) is 36.2 Å². The van der Waals surface area contributed by atoms with Crippen LogP contribution in [0.5, 0.6) is 5.75 Å². The Hall–Kier alpha value is -2.85. The second-order valence-electron chi connectivity index (χ2n) is 7.71. The highest BCUT2D eigenvalue weighted by molar-refractivity contribution is 5.89. The molecule has 3 aromatic carbocycles. The number of ether oxygens (including phenoxy) is 1. The van der Waals surface area contributed by atoms with Crippen molar-refractivity contribution in [3.63, 3.8) is 0 Å². The molecular formula is C25H28N2O2. The smallest absolute Gasteiger partial charge is 0.261 e. The van der Waals surface area contributed by atoms with Gasteiger partial charge in [0.1, 0.15) is 5.75 Å². The fourth-order valence-electron chi connectivity index (χ4n) is 3.93. The number of amides is 1. The first-order valence-electron chi connectivity index (χ1n) is 10.4. The first-order chi connectivity index (χ1) is 14.2. The summed E-state index contributed by atoms with van der Waals surface area (Å²) in [5.74, 6) is 0.633. The van der Waals surface area contributed by atoms with E-state index in [1.807, 2.05) is 48.5 Å². The van der Waals surface area contributed by atoms with Crippen LogP contribution in [0.3, 0.4) is 0 Å². The summed E-state index contributed by atoms with van der Waals surface area (Å²) in [6, 6.07) is 22.3. The third-order valence-corrected chi connectivity index (χ3v) is 5.59. The lowest BCUT2D eigenvalue weighted by Gasteiger charge is -2.19. The maximum Gasteiger partial charge on any atom is 0.261 e. The minimum atomic E-state index is -0.563.